The number of carbonyl (C=O) groups excluding carboxylic acids is 2. The predicted molar refractivity (Wildman–Crippen MR) is 121 cm³/mol. The van der Waals surface area contributed by atoms with Crippen LogP contribution in [0, 0.1) is 5.92 Å². The van der Waals surface area contributed by atoms with E-state index in [1.54, 1.807) is 26.2 Å². The summed E-state index contributed by atoms with van der Waals surface area (Å²) in [6.07, 6.45) is 0.582. The second kappa shape index (κ2) is 9.50. The summed E-state index contributed by atoms with van der Waals surface area (Å²) in [5, 5.41) is 10.1. The molecule has 9 nitrogen and oxygen atoms in total. The Labute approximate surface area is 191 Å². The maximum atomic E-state index is 13.7. The van der Waals surface area contributed by atoms with Gasteiger partial charge in [-0.05, 0) is 43.2 Å². The number of aromatic hydroxyl groups is 1. The Bertz CT molecular complexity index is 1170. The molecular weight excluding hydrogens is 426 g/mol. The van der Waals surface area contributed by atoms with Gasteiger partial charge in [0.15, 0.2) is 17.4 Å². The maximum absolute atomic E-state index is 13.7. The second-order valence-electron chi connectivity index (χ2n) is 7.71. The molecule has 1 aromatic heterocycles. The number of carbonyl (C=O) groups is 2. The summed E-state index contributed by atoms with van der Waals surface area (Å²) in [5.74, 6) is -1.46. The second-order valence-corrected chi connectivity index (χ2v) is 7.71. The number of phenolic OH excluding ortho intramolecular Hbond substituents is 1. The number of hydrogen-bond acceptors (Lipinski definition) is 7. The van der Waals surface area contributed by atoms with Crippen molar-refractivity contribution in [1.29, 1.82) is 0 Å². The van der Waals surface area contributed by atoms with Gasteiger partial charge in [-0.2, -0.15) is 0 Å². The van der Waals surface area contributed by atoms with Gasteiger partial charge in [-0.3, -0.25) is 14.5 Å². The van der Waals surface area contributed by atoms with E-state index in [1.807, 2.05) is 28.8 Å². The molecule has 4 rings (SSSR count). The molecule has 0 saturated carbocycles. The van der Waals surface area contributed by atoms with Crippen LogP contribution in [0.25, 0.3) is 11.0 Å². The van der Waals surface area contributed by atoms with Crippen molar-refractivity contribution in [2.75, 3.05) is 38.9 Å². The number of methoxy groups -OCH3 is 2. The third-order valence-electron chi connectivity index (χ3n) is 5.76. The minimum atomic E-state index is -1.13. The van der Waals surface area contributed by atoms with E-state index in [2.05, 4.69) is 0 Å². The number of aromatic nitrogens is 2. The Morgan fingerprint density at radius 1 is 1.18 bits per heavy atom. The highest BCUT2D eigenvalue weighted by Crippen LogP contribution is 2.43. The van der Waals surface area contributed by atoms with Gasteiger partial charge in [0.1, 0.15) is 0 Å². The van der Waals surface area contributed by atoms with Gasteiger partial charge in [-0.25, -0.2) is 4.98 Å². The van der Waals surface area contributed by atoms with E-state index in [-0.39, 0.29) is 24.0 Å². The molecular formula is C24H27N3O6. The van der Waals surface area contributed by atoms with E-state index in [1.165, 1.54) is 18.1 Å². The number of rotatable bonds is 8. The number of nitrogens with zero attached hydrogens (tertiary/aromatic N) is 3. The molecule has 1 amide bonds. The fourth-order valence-corrected chi connectivity index (χ4v) is 4.31. The SMILES string of the molecule is CCOC(=O)[C@@H]1C(=O)N(CCCOC)c2nc3ccccc3n2[C@H]1c1ccc(O)c(OC)c1. The van der Waals surface area contributed by atoms with Crippen molar-refractivity contribution >= 4 is 28.9 Å². The molecule has 2 atom stereocenters. The third kappa shape index (κ3) is 4.00. The van der Waals surface area contributed by atoms with E-state index in [9.17, 15) is 14.7 Å². The van der Waals surface area contributed by atoms with Crippen molar-refractivity contribution in [3.63, 3.8) is 0 Å². The van der Waals surface area contributed by atoms with E-state index < -0.39 is 17.9 Å². The zero-order valence-corrected chi connectivity index (χ0v) is 18.9. The highest BCUT2D eigenvalue weighted by molar-refractivity contribution is 6.08. The Balaban J connectivity index is 1.96. The summed E-state index contributed by atoms with van der Waals surface area (Å²) in [7, 11) is 3.05. The normalized spacial score (nSPS) is 17.8. The number of benzene rings is 2. The summed E-state index contributed by atoms with van der Waals surface area (Å²) < 4.78 is 17.7. The Kier molecular flexibility index (Phi) is 6.50. The van der Waals surface area contributed by atoms with Crippen LogP contribution in [0.5, 0.6) is 11.5 Å². The van der Waals surface area contributed by atoms with Gasteiger partial charge in [0.05, 0.1) is 30.8 Å². The number of ether oxygens (including phenoxy) is 3. The van der Waals surface area contributed by atoms with Crippen LogP contribution in [0.1, 0.15) is 24.9 Å². The first-order valence-corrected chi connectivity index (χ1v) is 10.8. The van der Waals surface area contributed by atoms with Crippen LogP contribution >= 0.6 is 0 Å². The fraction of sp³-hybridized carbons (Fsp3) is 0.375. The van der Waals surface area contributed by atoms with Gasteiger partial charge >= 0.3 is 5.97 Å². The van der Waals surface area contributed by atoms with Crippen LogP contribution in [-0.2, 0) is 19.1 Å². The zero-order chi connectivity index (χ0) is 23.5. The number of phenols is 1. The molecule has 33 heavy (non-hydrogen) atoms. The lowest BCUT2D eigenvalue weighted by Gasteiger charge is -2.38. The Morgan fingerprint density at radius 3 is 2.70 bits per heavy atom. The lowest BCUT2D eigenvalue weighted by Crippen LogP contribution is -2.50. The fourth-order valence-electron chi connectivity index (χ4n) is 4.31. The van der Waals surface area contributed by atoms with Crippen LogP contribution in [0.4, 0.5) is 5.95 Å². The van der Waals surface area contributed by atoms with Crippen LogP contribution in [0.15, 0.2) is 42.5 Å². The molecule has 0 radical (unpaired) electrons. The molecule has 9 heteroatoms. The summed E-state index contributed by atoms with van der Waals surface area (Å²) in [5.41, 5.74) is 2.11. The molecule has 1 aliphatic rings. The van der Waals surface area contributed by atoms with Crippen molar-refractivity contribution in [2.45, 2.75) is 19.4 Å². The van der Waals surface area contributed by atoms with Crippen LogP contribution in [0.3, 0.4) is 0 Å². The van der Waals surface area contributed by atoms with Crippen molar-refractivity contribution in [1.82, 2.24) is 9.55 Å². The zero-order valence-electron chi connectivity index (χ0n) is 18.9. The van der Waals surface area contributed by atoms with Gasteiger partial charge in [-0.15, -0.1) is 0 Å². The predicted octanol–water partition coefficient (Wildman–Crippen LogP) is 2.90. The molecule has 0 saturated heterocycles. The minimum Gasteiger partial charge on any atom is -0.504 e. The summed E-state index contributed by atoms with van der Waals surface area (Å²) in [6, 6.07) is 11.6. The average molecular weight is 453 g/mol. The summed E-state index contributed by atoms with van der Waals surface area (Å²) in [4.78, 5) is 33.1. The number of hydrogen-bond donors (Lipinski definition) is 1. The quantitative estimate of drug-likeness (QED) is 0.318. The molecule has 3 aromatic rings. The number of anilines is 1. The van der Waals surface area contributed by atoms with Crippen molar-refractivity contribution in [3.8, 4) is 11.5 Å². The van der Waals surface area contributed by atoms with Crippen molar-refractivity contribution in [3.05, 3.63) is 48.0 Å². The number of esters is 1. The Hall–Kier alpha value is -3.59. The molecule has 0 unspecified atom stereocenters. The lowest BCUT2D eigenvalue weighted by atomic mass is 9.89. The van der Waals surface area contributed by atoms with E-state index in [4.69, 9.17) is 19.2 Å². The van der Waals surface area contributed by atoms with Crippen LogP contribution < -0.4 is 9.64 Å². The number of para-hydroxylation sites is 2. The van der Waals surface area contributed by atoms with Crippen molar-refractivity contribution in [2.24, 2.45) is 5.92 Å². The molecule has 174 valence electrons. The molecule has 2 heterocycles. The maximum Gasteiger partial charge on any atom is 0.321 e. The van der Waals surface area contributed by atoms with Gasteiger partial charge in [0, 0.05) is 20.3 Å². The Morgan fingerprint density at radius 2 is 1.97 bits per heavy atom. The van der Waals surface area contributed by atoms with Crippen LogP contribution in [0.2, 0.25) is 0 Å². The molecule has 1 aliphatic heterocycles. The number of fused-ring (bicyclic) bond motifs is 3. The summed E-state index contributed by atoms with van der Waals surface area (Å²) in [6.45, 7) is 2.66. The van der Waals surface area contributed by atoms with E-state index in [0.717, 1.165) is 5.52 Å². The largest absolute Gasteiger partial charge is 0.504 e. The smallest absolute Gasteiger partial charge is 0.321 e. The van der Waals surface area contributed by atoms with Gasteiger partial charge in [0.2, 0.25) is 11.9 Å². The van der Waals surface area contributed by atoms with Crippen molar-refractivity contribution < 1.29 is 28.9 Å². The molecule has 0 spiro atoms. The minimum absolute atomic E-state index is 0.0343. The highest BCUT2D eigenvalue weighted by Gasteiger charge is 2.47. The molecule has 0 fully saturated rings. The topological polar surface area (TPSA) is 103 Å². The average Bonchev–Trinajstić information content (AvgIpc) is 3.19. The number of amides is 1. The molecule has 0 bridgehead atoms. The standard InChI is InChI=1S/C24H27N3O6/c1-4-33-23(30)20-21(15-10-11-18(28)19(14-15)32-3)27-17-9-6-5-8-16(17)25-24(27)26(22(20)29)12-7-13-31-2/h5-6,8-11,14,20-21,28H,4,7,12-13H2,1-3H3/t20-,21-/m0/s1. The molecule has 2 aromatic carbocycles. The number of imidazole rings is 1. The lowest BCUT2D eigenvalue weighted by molar-refractivity contribution is -0.153. The first kappa shape index (κ1) is 22.6. The summed E-state index contributed by atoms with van der Waals surface area (Å²) >= 11 is 0. The molecule has 0 aliphatic carbocycles. The van der Waals surface area contributed by atoms with E-state index in [0.29, 0.717) is 36.6 Å². The first-order chi connectivity index (χ1) is 16.0. The highest BCUT2D eigenvalue weighted by atomic mass is 16.5. The van der Waals surface area contributed by atoms with Gasteiger partial charge in [-0.1, -0.05) is 18.2 Å². The van der Waals surface area contributed by atoms with Gasteiger partial charge < -0.3 is 23.9 Å². The first-order valence-electron chi connectivity index (χ1n) is 10.8. The van der Waals surface area contributed by atoms with Crippen LogP contribution in [-0.4, -0.2) is 60.5 Å². The van der Waals surface area contributed by atoms with E-state index >= 15 is 0 Å². The monoisotopic (exact) mass is 453 g/mol. The third-order valence-corrected chi connectivity index (χ3v) is 5.76. The van der Waals surface area contributed by atoms with Gasteiger partial charge in [0.25, 0.3) is 0 Å². The molecule has 1 N–H and O–H groups in total.